The Morgan fingerprint density at radius 3 is 2.56 bits per heavy atom. The summed E-state index contributed by atoms with van der Waals surface area (Å²) in [5.41, 5.74) is 8.53. The second kappa shape index (κ2) is 4.89. The number of hydrogen-bond donors (Lipinski definition) is 1. The van der Waals surface area contributed by atoms with Crippen LogP contribution in [-0.2, 0) is 13.6 Å². The Kier molecular flexibility index (Phi) is 3.47. The van der Waals surface area contributed by atoms with Gasteiger partial charge in [0.1, 0.15) is 11.4 Å². The summed E-state index contributed by atoms with van der Waals surface area (Å²) in [5.74, 6) is 0.476. The molecule has 0 aliphatic carbocycles. The van der Waals surface area contributed by atoms with Crippen molar-refractivity contribution in [2.24, 2.45) is 18.7 Å². The van der Waals surface area contributed by atoms with Crippen LogP contribution in [0.1, 0.15) is 32.5 Å². The third kappa shape index (κ3) is 2.03. The fourth-order valence-electron chi connectivity index (χ4n) is 1.90. The summed E-state index contributed by atoms with van der Waals surface area (Å²) in [6, 6.07) is 2.23. The molecule has 0 saturated carbocycles. The first-order chi connectivity index (χ1) is 8.56. The minimum atomic E-state index is 0.266. The van der Waals surface area contributed by atoms with E-state index >= 15 is 0 Å². The molecular weight excluding hydrogens is 228 g/mol. The summed E-state index contributed by atoms with van der Waals surface area (Å²) in [4.78, 5) is 0. The molecule has 2 heterocycles. The van der Waals surface area contributed by atoms with Gasteiger partial charge < -0.3 is 5.73 Å². The lowest BCUT2D eigenvalue weighted by Gasteiger charge is -2.18. The summed E-state index contributed by atoms with van der Waals surface area (Å²) in [6.07, 6.45) is 1.77. The predicted octanol–water partition coefficient (Wildman–Crippen LogP) is 1.35. The van der Waals surface area contributed by atoms with Crippen LogP contribution < -0.4 is 5.73 Å². The molecule has 1 unspecified atom stereocenters. The molecule has 98 valence electrons. The minimum Gasteiger partial charge on any atom is -0.325 e. The number of rotatable bonds is 4. The maximum Gasteiger partial charge on any atom is 0.111 e. The van der Waals surface area contributed by atoms with E-state index in [0.29, 0.717) is 12.5 Å². The quantitative estimate of drug-likeness (QED) is 0.886. The average molecular weight is 248 g/mol. The zero-order valence-electron chi connectivity index (χ0n) is 11.3. The molecule has 0 saturated heterocycles. The molecule has 0 aliphatic heterocycles. The highest BCUT2D eigenvalue weighted by atomic mass is 15.5. The Balaban J connectivity index is 2.57. The highest BCUT2D eigenvalue weighted by Crippen LogP contribution is 2.27. The van der Waals surface area contributed by atoms with Crippen LogP contribution >= 0.6 is 0 Å². The van der Waals surface area contributed by atoms with Crippen molar-refractivity contribution in [1.82, 2.24) is 24.8 Å². The second-order valence-electron chi connectivity index (χ2n) is 4.86. The van der Waals surface area contributed by atoms with Crippen LogP contribution in [0.3, 0.4) is 0 Å². The lowest BCUT2D eigenvalue weighted by molar-refractivity contribution is 0.370. The molecule has 18 heavy (non-hydrogen) atoms. The van der Waals surface area contributed by atoms with Crippen LogP contribution in [-0.4, -0.2) is 24.8 Å². The lowest BCUT2D eigenvalue weighted by atomic mass is 10.1. The van der Waals surface area contributed by atoms with E-state index in [1.54, 1.807) is 6.20 Å². The van der Waals surface area contributed by atoms with Crippen LogP contribution in [0.5, 0.6) is 0 Å². The standard InChI is InChI=1S/C12H20N6/c1-8(2)9(3)18-12(10(7-13)15-16-18)11-5-6-14-17(11)4/h5-6,8-9H,7,13H2,1-4H3. The Bertz CT molecular complexity index is 524. The van der Waals surface area contributed by atoms with Gasteiger partial charge in [-0.2, -0.15) is 5.10 Å². The van der Waals surface area contributed by atoms with Crippen molar-refractivity contribution in [3.8, 4) is 11.4 Å². The molecule has 6 nitrogen and oxygen atoms in total. The van der Waals surface area contributed by atoms with E-state index in [0.717, 1.165) is 17.1 Å². The van der Waals surface area contributed by atoms with Gasteiger partial charge in [-0.05, 0) is 18.9 Å². The average Bonchev–Trinajstić information content (AvgIpc) is 2.92. The molecule has 1 atom stereocenters. The van der Waals surface area contributed by atoms with E-state index in [2.05, 4.69) is 36.2 Å². The molecule has 2 aromatic rings. The van der Waals surface area contributed by atoms with Crippen molar-refractivity contribution in [2.75, 3.05) is 0 Å². The zero-order chi connectivity index (χ0) is 13.3. The summed E-state index contributed by atoms with van der Waals surface area (Å²) in [5, 5.41) is 12.6. The third-order valence-electron chi connectivity index (χ3n) is 3.37. The van der Waals surface area contributed by atoms with Gasteiger partial charge in [0.25, 0.3) is 0 Å². The van der Waals surface area contributed by atoms with Gasteiger partial charge >= 0.3 is 0 Å². The molecule has 2 aromatic heterocycles. The number of hydrogen-bond acceptors (Lipinski definition) is 4. The normalized spacial score (nSPS) is 13.2. The molecule has 0 amide bonds. The first-order valence-electron chi connectivity index (χ1n) is 6.18. The van der Waals surface area contributed by atoms with E-state index in [4.69, 9.17) is 5.73 Å². The molecule has 2 rings (SSSR count). The van der Waals surface area contributed by atoms with Crippen LogP contribution in [0.25, 0.3) is 11.4 Å². The van der Waals surface area contributed by atoms with Gasteiger partial charge in [-0.1, -0.05) is 19.1 Å². The van der Waals surface area contributed by atoms with Crippen LogP contribution in [0.2, 0.25) is 0 Å². The van der Waals surface area contributed by atoms with Gasteiger partial charge in [-0.15, -0.1) is 5.10 Å². The largest absolute Gasteiger partial charge is 0.325 e. The minimum absolute atomic E-state index is 0.266. The van der Waals surface area contributed by atoms with Gasteiger partial charge in [0.2, 0.25) is 0 Å². The molecule has 0 fully saturated rings. The molecule has 0 bridgehead atoms. The van der Waals surface area contributed by atoms with Gasteiger partial charge in [0.15, 0.2) is 0 Å². The van der Waals surface area contributed by atoms with Crippen molar-refractivity contribution in [1.29, 1.82) is 0 Å². The number of nitrogens with two attached hydrogens (primary N) is 1. The summed E-state index contributed by atoms with van der Waals surface area (Å²) < 4.78 is 3.77. The number of nitrogens with zero attached hydrogens (tertiary/aromatic N) is 5. The van der Waals surface area contributed by atoms with Gasteiger partial charge in [0.05, 0.1) is 11.7 Å². The highest BCUT2D eigenvalue weighted by molar-refractivity contribution is 5.57. The molecule has 0 aliphatic rings. The second-order valence-corrected chi connectivity index (χ2v) is 4.86. The monoisotopic (exact) mass is 248 g/mol. The van der Waals surface area contributed by atoms with Gasteiger partial charge in [0, 0.05) is 19.8 Å². The summed E-state index contributed by atoms with van der Waals surface area (Å²) in [7, 11) is 1.91. The maximum absolute atomic E-state index is 5.75. The lowest BCUT2D eigenvalue weighted by Crippen LogP contribution is -2.15. The van der Waals surface area contributed by atoms with E-state index < -0.39 is 0 Å². The van der Waals surface area contributed by atoms with E-state index in [9.17, 15) is 0 Å². The third-order valence-corrected chi connectivity index (χ3v) is 3.37. The summed E-state index contributed by atoms with van der Waals surface area (Å²) >= 11 is 0. The van der Waals surface area contributed by atoms with Crippen molar-refractivity contribution >= 4 is 0 Å². The van der Waals surface area contributed by atoms with E-state index in [1.165, 1.54) is 0 Å². The fourth-order valence-corrected chi connectivity index (χ4v) is 1.90. The Labute approximate surface area is 107 Å². The molecule has 2 N–H and O–H groups in total. The van der Waals surface area contributed by atoms with Gasteiger partial charge in [-0.25, -0.2) is 4.68 Å². The predicted molar refractivity (Wildman–Crippen MR) is 69.7 cm³/mol. The number of aryl methyl sites for hydroxylation is 1. The van der Waals surface area contributed by atoms with Crippen molar-refractivity contribution in [3.63, 3.8) is 0 Å². The van der Waals surface area contributed by atoms with Crippen LogP contribution in [0.4, 0.5) is 0 Å². The van der Waals surface area contributed by atoms with Crippen molar-refractivity contribution in [3.05, 3.63) is 18.0 Å². The topological polar surface area (TPSA) is 74.6 Å². The van der Waals surface area contributed by atoms with E-state index in [-0.39, 0.29) is 6.04 Å². The molecule has 0 aromatic carbocycles. The molecule has 0 spiro atoms. The fraction of sp³-hybridized carbons (Fsp3) is 0.583. The zero-order valence-corrected chi connectivity index (χ0v) is 11.3. The Morgan fingerprint density at radius 2 is 2.06 bits per heavy atom. The van der Waals surface area contributed by atoms with E-state index in [1.807, 2.05) is 22.5 Å². The van der Waals surface area contributed by atoms with Gasteiger partial charge in [-0.3, -0.25) is 4.68 Å². The van der Waals surface area contributed by atoms with Crippen molar-refractivity contribution < 1.29 is 0 Å². The molecular formula is C12H20N6. The first kappa shape index (κ1) is 12.8. The molecule has 0 radical (unpaired) electrons. The number of aromatic nitrogens is 5. The summed E-state index contributed by atoms with van der Waals surface area (Å²) in [6.45, 7) is 6.85. The van der Waals surface area contributed by atoms with Crippen molar-refractivity contribution in [2.45, 2.75) is 33.4 Å². The Hall–Kier alpha value is -1.69. The Morgan fingerprint density at radius 1 is 1.33 bits per heavy atom. The molecule has 6 heteroatoms. The SMILES string of the molecule is CC(C)C(C)n1nnc(CN)c1-c1ccnn1C. The maximum atomic E-state index is 5.75. The smallest absolute Gasteiger partial charge is 0.111 e. The van der Waals surface area contributed by atoms with Crippen LogP contribution in [0, 0.1) is 5.92 Å². The highest BCUT2D eigenvalue weighted by Gasteiger charge is 2.21. The van der Waals surface area contributed by atoms with Crippen LogP contribution in [0.15, 0.2) is 12.3 Å². The first-order valence-corrected chi connectivity index (χ1v) is 6.18.